The fourth-order valence-corrected chi connectivity index (χ4v) is 2.40. The summed E-state index contributed by atoms with van der Waals surface area (Å²) in [5, 5.41) is 8.77. The Morgan fingerprint density at radius 1 is 1.29 bits per heavy atom. The Morgan fingerprint density at radius 2 is 2.04 bits per heavy atom. The molecule has 2 aromatic heterocycles. The fraction of sp³-hybridized carbons (Fsp3) is 0.250. The minimum absolute atomic E-state index is 0.354. The molecule has 0 bridgehead atoms. The highest BCUT2D eigenvalue weighted by Crippen LogP contribution is 2.23. The Labute approximate surface area is 143 Å². The predicted octanol–water partition coefficient (Wildman–Crippen LogP) is 2.57. The van der Waals surface area contributed by atoms with Gasteiger partial charge in [-0.05, 0) is 24.6 Å². The van der Waals surface area contributed by atoms with Gasteiger partial charge in [0.05, 0.1) is 12.7 Å². The van der Waals surface area contributed by atoms with Crippen LogP contribution < -0.4 is 0 Å². The lowest BCUT2D eigenvalue weighted by molar-refractivity contribution is 0.0245. The van der Waals surface area contributed by atoms with E-state index in [9.17, 15) is 4.79 Å². The highest BCUT2D eigenvalue weighted by atomic mass is 35.5. The van der Waals surface area contributed by atoms with Gasteiger partial charge in [-0.25, -0.2) is 14.5 Å². The molecule has 1 atom stereocenters. The first-order valence-corrected chi connectivity index (χ1v) is 7.70. The smallest absolute Gasteiger partial charge is 0.342 e. The number of hydrogen-bond donors (Lipinski definition) is 0. The number of aryl methyl sites for hydroxylation is 1. The molecule has 3 rings (SSSR count). The van der Waals surface area contributed by atoms with Crippen molar-refractivity contribution < 1.29 is 9.53 Å². The summed E-state index contributed by atoms with van der Waals surface area (Å²) >= 11 is 5.94. The van der Waals surface area contributed by atoms with Crippen molar-refractivity contribution >= 4 is 17.6 Å². The molecule has 0 saturated carbocycles. The average molecular weight is 346 g/mol. The molecular weight excluding hydrogens is 330 g/mol. The van der Waals surface area contributed by atoms with E-state index in [2.05, 4.69) is 15.2 Å². The Bertz CT molecular complexity index is 827. The molecule has 7 nitrogen and oxygen atoms in total. The lowest BCUT2D eigenvalue weighted by Gasteiger charge is -2.18. The molecule has 0 radical (unpaired) electrons. The Hall–Kier alpha value is -2.67. The number of carbonyl (C=O) groups excluding carboxylic acids is 1. The molecule has 24 heavy (non-hydrogen) atoms. The van der Waals surface area contributed by atoms with Gasteiger partial charge in [-0.1, -0.05) is 23.7 Å². The van der Waals surface area contributed by atoms with Gasteiger partial charge >= 0.3 is 5.97 Å². The second kappa shape index (κ2) is 6.84. The number of esters is 1. The quantitative estimate of drug-likeness (QED) is 0.664. The van der Waals surface area contributed by atoms with E-state index in [0.717, 1.165) is 11.3 Å². The Balaban J connectivity index is 1.85. The van der Waals surface area contributed by atoms with Gasteiger partial charge in [-0.3, -0.25) is 4.68 Å². The highest BCUT2D eigenvalue weighted by molar-refractivity contribution is 6.30. The Morgan fingerprint density at radius 3 is 2.62 bits per heavy atom. The number of aromatic nitrogens is 5. The van der Waals surface area contributed by atoms with Crippen molar-refractivity contribution in [1.82, 2.24) is 24.5 Å². The summed E-state index contributed by atoms with van der Waals surface area (Å²) < 4.78 is 8.95. The van der Waals surface area contributed by atoms with Gasteiger partial charge in [-0.2, -0.15) is 10.2 Å². The second-order valence-electron chi connectivity index (χ2n) is 5.33. The van der Waals surface area contributed by atoms with Crippen LogP contribution in [-0.2, 0) is 18.3 Å². The molecular formula is C16H16ClN5O2. The van der Waals surface area contributed by atoms with Gasteiger partial charge in [0.1, 0.15) is 24.3 Å². The third kappa shape index (κ3) is 3.46. The maximum absolute atomic E-state index is 12.5. The van der Waals surface area contributed by atoms with Crippen LogP contribution in [0.15, 0.2) is 43.1 Å². The maximum atomic E-state index is 12.5. The van der Waals surface area contributed by atoms with Crippen molar-refractivity contribution in [3.8, 4) is 0 Å². The normalized spacial score (nSPS) is 12.1. The number of rotatable bonds is 5. The van der Waals surface area contributed by atoms with Crippen LogP contribution in [0.2, 0.25) is 5.02 Å². The van der Waals surface area contributed by atoms with Gasteiger partial charge in [0, 0.05) is 17.8 Å². The van der Waals surface area contributed by atoms with Crippen molar-refractivity contribution in [2.24, 2.45) is 7.05 Å². The molecule has 8 heteroatoms. The highest BCUT2D eigenvalue weighted by Gasteiger charge is 2.22. The van der Waals surface area contributed by atoms with Crippen molar-refractivity contribution in [3.05, 3.63) is 65.0 Å². The molecule has 0 amide bonds. The van der Waals surface area contributed by atoms with Crippen molar-refractivity contribution in [2.45, 2.75) is 19.6 Å². The van der Waals surface area contributed by atoms with E-state index in [1.165, 1.54) is 12.5 Å². The first-order valence-electron chi connectivity index (χ1n) is 7.32. The third-order valence-electron chi connectivity index (χ3n) is 3.77. The van der Waals surface area contributed by atoms with Crippen LogP contribution in [0.3, 0.4) is 0 Å². The molecule has 0 spiro atoms. The molecule has 0 aliphatic carbocycles. The topological polar surface area (TPSA) is 74.8 Å². The number of carbonyl (C=O) groups is 1. The van der Waals surface area contributed by atoms with E-state index in [1.54, 1.807) is 34.9 Å². The van der Waals surface area contributed by atoms with E-state index < -0.39 is 12.1 Å². The summed E-state index contributed by atoms with van der Waals surface area (Å²) in [4.78, 5) is 16.4. The number of ether oxygens (including phenoxy) is 1. The molecule has 0 aliphatic heterocycles. The zero-order valence-corrected chi connectivity index (χ0v) is 14.0. The minimum atomic E-state index is -0.518. The van der Waals surface area contributed by atoms with Gasteiger partial charge in [-0.15, -0.1) is 0 Å². The molecule has 0 N–H and O–H groups in total. The van der Waals surface area contributed by atoms with Crippen LogP contribution in [0.1, 0.15) is 27.7 Å². The third-order valence-corrected chi connectivity index (χ3v) is 4.02. The zero-order valence-electron chi connectivity index (χ0n) is 13.3. The van der Waals surface area contributed by atoms with Crippen LogP contribution in [0.25, 0.3) is 0 Å². The first-order chi connectivity index (χ1) is 11.5. The number of hydrogen-bond acceptors (Lipinski definition) is 5. The monoisotopic (exact) mass is 345 g/mol. The average Bonchev–Trinajstić information content (AvgIpc) is 3.18. The summed E-state index contributed by atoms with van der Waals surface area (Å²) in [6, 6.07) is 7.17. The van der Waals surface area contributed by atoms with Crippen LogP contribution in [0, 0.1) is 6.92 Å². The van der Waals surface area contributed by atoms with Gasteiger partial charge in [0.25, 0.3) is 0 Å². The lowest BCUT2D eigenvalue weighted by Crippen LogP contribution is -2.18. The molecule has 1 aromatic carbocycles. The van der Waals surface area contributed by atoms with E-state index in [-0.39, 0.29) is 0 Å². The van der Waals surface area contributed by atoms with Gasteiger partial charge < -0.3 is 4.74 Å². The molecule has 0 aliphatic rings. The second-order valence-corrected chi connectivity index (χ2v) is 5.77. The first kappa shape index (κ1) is 16.2. The van der Waals surface area contributed by atoms with Crippen molar-refractivity contribution in [2.75, 3.05) is 0 Å². The maximum Gasteiger partial charge on any atom is 0.342 e. The van der Waals surface area contributed by atoms with E-state index in [0.29, 0.717) is 17.1 Å². The number of benzene rings is 1. The van der Waals surface area contributed by atoms with Crippen molar-refractivity contribution in [3.63, 3.8) is 0 Å². The summed E-state index contributed by atoms with van der Waals surface area (Å²) in [6.07, 6.45) is 4.00. The van der Waals surface area contributed by atoms with Crippen LogP contribution in [0.5, 0.6) is 0 Å². The molecule has 3 aromatic rings. The van der Waals surface area contributed by atoms with E-state index >= 15 is 0 Å². The summed E-state index contributed by atoms with van der Waals surface area (Å²) in [6.45, 7) is 2.17. The van der Waals surface area contributed by atoms with E-state index in [4.69, 9.17) is 16.3 Å². The van der Waals surface area contributed by atoms with Gasteiger partial charge in [0.2, 0.25) is 0 Å². The number of halogens is 1. The molecule has 0 saturated heterocycles. The van der Waals surface area contributed by atoms with Crippen LogP contribution in [-0.4, -0.2) is 30.5 Å². The van der Waals surface area contributed by atoms with E-state index in [1.807, 2.05) is 19.1 Å². The molecule has 0 fully saturated rings. The minimum Gasteiger partial charge on any atom is -0.452 e. The number of nitrogens with zero attached hydrogens (tertiary/aromatic N) is 5. The summed E-state index contributed by atoms with van der Waals surface area (Å²) in [7, 11) is 1.78. The summed E-state index contributed by atoms with van der Waals surface area (Å²) in [5.41, 5.74) is 2.01. The standard InChI is InChI=1S/C16H16ClN5O2/c1-11-14(7-19-21(11)2)16(23)24-15(8-22-10-18-9-20-22)12-3-5-13(17)6-4-12/h3-7,9-10,15H,8H2,1-2H3. The Kier molecular flexibility index (Phi) is 4.61. The molecule has 124 valence electrons. The molecule has 2 heterocycles. The summed E-state index contributed by atoms with van der Waals surface area (Å²) in [5.74, 6) is -0.430. The fourth-order valence-electron chi connectivity index (χ4n) is 2.28. The van der Waals surface area contributed by atoms with Crippen LogP contribution >= 0.6 is 11.6 Å². The zero-order chi connectivity index (χ0) is 17.1. The van der Waals surface area contributed by atoms with Gasteiger partial charge in [0.15, 0.2) is 0 Å². The lowest BCUT2D eigenvalue weighted by atomic mass is 10.1. The van der Waals surface area contributed by atoms with Crippen molar-refractivity contribution in [1.29, 1.82) is 0 Å². The largest absolute Gasteiger partial charge is 0.452 e. The predicted molar refractivity (Wildman–Crippen MR) is 87.6 cm³/mol. The van der Waals surface area contributed by atoms with Crippen LogP contribution in [0.4, 0.5) is 0 Å². The SMILES string of the molecule is Cc1c(C(=O)OC(Cn2cncn2)c2ccc(Cl)cc2)cnn1C. The molecule has 1 unspecified atom stereocenters.